The van der Waals surface area contributed by atoms with Gasteiger partial charge in [0.15, 0.2) is 0 Å². The summed E-state index contributed by atoms with van der Waals surface area (Å²) < 4.78 is 4.30. The minimum absolute atomic E-state index is 0.128. The van der Waals surface area contributed by atoms with Gasteiger partial charge in [-0.3, -0.25) is 0 Å². The molecule has 0 amide bonds. The lowest BCUT2D eigenvalue weighted by Crippen LogP contribution is -2.40. The van der Waals surface area contributed by atoms with Crippen molar-refractivity contribution in [2.24, 2.45) is 0 Å². The maximum Gasteiger partial charge on any atom is 0.671 e. The Balaban J connectivity index is 3.21. The van der Waals surface area contributed by atoms with Crippen LogP contribution in [0.3, 0.4) is 0 Å². The van der Waals surface area contributed by atoms with Gasteiger partial charge in [-0.25, -0.2) is 0 Å². The Hall–Kier alpha value is 0.0169. The predicted octanol–water partition coefficient (Wildman–Crippen LogP) is -2.02. The average molecular weight is 167 g/mol. The van der Waals surface area contributed by atoms with Crippen molar-refractivity contribution in [3.63, 3.8) is 0 Å². The normalized spacial score (nSPS) is 12.6. The smallest absolute Gasteiger partial charge is 0.368 e. The van der Waals surface area contributed by atoms with E-state index in [1.165, 1.54) is 0 Å². The number of rotatable bonds is 4. The fourth-order valence-electron chi connectivity index (χ4n) is 0.365. The Morgan fingerprint density at radius 2 is 1.80 bits per heavy atom. The van der Waals surface area contributed by atoms with Crippen LogP contribution in [0.2, 0.25) is 0 Å². The fraction of sp³-hybridized carbons (Fsp3) is 1.00. The van der Waals surface area contributed by atoms with Crippen LogP contribution in [0.25, 0.3) is 0 Å². The molecule has 3 N–H and O–H groups in total. The second-order valence-corrected chi connectivity index (χ2v) is 3.66. The monoisotopic (exact) mass is 167 g/mol. The molecule has 0 spiro atoms. The molecule has 0 rings (SSSR count). The molecule has 0 aromatic rings. The number of likely N-dealkylation sites (N-methyl/N-ethyl adjacent to an activating group) is 1. The quantitative estimate of drug-likeness (QED) is 0.421. The molecule has 0 atom stereocenters. The van der Waals surface area contributed by atoms with Crippen LogP contribution in [0.5, 0.6) is 0 Å². The summed E-state index contributed by atoms with van der Waals surface area (Å²) in [5.74, 6) is 0. The van der Waals surface area contributed by atoms with Gasteiger partial charge in [0.1, 0.15) is 0 Å². The zero-order chi connectivity index (χ0) is 8.20. The molecule has 62 valence electrons. The van der Waals surface area contributed by atoms with Crippen LogP contribution in [-0.4, -0.2) is 55.6 Å². The summed E-state index contributed by atoms with van der Waals surface area (Å²) in [6.45, 7) is 0.680. The Labute approximate surface area is 61.0 Å². The summed E-state index contributed by atoms with van der Waals surface area (Å²) in [7, 11) is -0.614. The summed E-state index contributed by atoms with van der Waals surface area (Å²) in [5.41, 5.74) is 0. The lowest BCUT2D eigenvalue weighted by Gasteiger charge is -2.12. The van der Waals surface area contributed by atoms with Crippen molar-refractivity contribution in [3.8, 4) is 0 Å². The van der Waals surface area contributed by atoms with Crippen molar-refractivity contribution >= 4 is 9.05 Å². The molecule has 10 heavy (non-hydrogen) atoms. The highest BCUT2D eigenvalue weighted by molar-refractivity contribution is 6.48. The van der Waals surface area contributed by atoms with E-state index in [1.807, 2.05) is 14.1 Å². The molecule has 0 aliphatic rings. The van der Waals surface area contributed by atoms with Crippen LogP contribution >= 0.6 is 0 Å². The summed E-state index contributed by atoms with van der Waals surface area (Å²) in [4.78, 5) is 26.8. The van der Waals surface area contributed by atoms with E-state index in [4.69, 9.17) is 14.4 Å². The van der Waals surface area contributed by atoms with Gasteiger partial charge in [0.2, 0.25) is 0 Å². The van der Waals surface area contributed by atoms with Crippen LogP contribution in [0.4, 0.5) is 0 Å². The first-order chi connectivity index (χ1) is 4.42. The van der Waals surface area contributed by atoms with E-state index in [0.717, 1.165) is 0 Å². The molecule has 0 radical (unpaired) electrons. The maximum atomic E-state index is 8.34. The predicted molar refractivity (Wildman–Crippen MR) is 36.9 cm³/mol. The van der Waals surface area contributed by atoms with Crippen molar-refractivity contribution < 1.29 is 18.8 Å². The topological polar surface area (TPSA) is 73.2 Å². The van der Waals surface area contributed by atoms with Gasteiger partial charge in [-0.2, -0.15) is 0 Å². The van der Waals surface area contributed by atoms with Crippen LogP contribution in [0.1, 0.15) is 0 Å². The van der Waals surface area contributed by atoms with Crippen molar-refractivity contribution in [1.29, 1.82) is 0 Å². The molecule has 0 saturated carbocycles. The third-order valence-corrected chi connectivity index (χ3v) is 1.43. The summed E-state index contributed by atoms with van der Waals surface area (Å²) in [5, 5.41) is 0. The van der Waals surface area contributed by atoms with Crippen molar-refractivity contribution in [1.82, 2.24) is 4.90 Å². The highest BCUT2D eigenvalue weighted by Crippen LogP contribution is 1.88. The zero-order valence-electron chi connectivity index (χ0n) is 6.11. The van der Waals surface area contributed by atoms with E-state index in [0.29, 0.717) is 6.54 Å². The minimum Gasteiger partial charge on any atom is -0.368 e. The number of nitrogens with zero attached hydrogens (tertiary/aromatic N) is 1. The van der Waals surface area contributed by atoms with Gasteiger partial charge in [-0.1, -0.05) is 0 Å². The highest BCUT2D eigenvalue weighted by Gasteiger charge is 2.29. The average Bonchev–Trinajstić information content (AvgIpc) is 1.59. The molecular weight excluding hydrogens is 154 g/mol. The molecule has 6 heteroatoms. The largest absolute Gasteiger partial charge is 0.671 e. The zero-order valence-corrected chi connectivity index (χ0v) is 7.11. The Kier molecular flexibility index (Phi) is 4.02. The van der Waals surface area contributed by atoms with Gasteiger partial charge in [0.05, 0.1) is 6.61 Å². The lowest BCUT2D eigenvalue weighted by atomic mass is 10.6. The molecule has 0 aromatic carbocycles. The number of hydrogen-bond donors (Lipinski definition) is 3. The van der Waals surface area contributed by atoms with E-state index in [-0.39, 0.29) is 6.61 Å². The highest BCUT2D eigenvalue weighted by atomic mass is 28.4. The van der Waals surface area contributed by atoms with Gasteiger partial charge in [-0.05, 0) is 14.1 Å². The molecule has 0 unspecified atom stereocenters. The molecule has 0 fully saturated rings. The fourth-order valence-corrected chi connectivity index (χ4v) is 0.730. The standard InChI is InChI=1S/C4H13NO4Si/c1-5(2)3-4-9-10(6,7)8/h6-8H,3-4H2,1-2H3. The van der Waals surface area contributed by atoms with Gasteiger partial charge in [0, 0.05) is 6.54 Å². The SMILES string of the molecule is CN(C)CCO[Si](O)(O)O. The van der Waals surface area contributed by atoms with Crippen molar-refractivity contribution in [2.75, 3.05) is 27.2 Å². The molecule has 0 aromatic heterocycles. The van der Waals surface area contributed by atoms with E-state index in [2.05, 4.69) is 4.43 Å². The van der Waals surface area contributed by atoms with Gasteiger partial charge in [-0.15, -0.1) is 0 Å². The lowest BCUT2D eigenvalue weighted by molar-refractivity contribution is 0.0579. The van der Waals surface area contributed by atoms with E-state index in [9.17, 15) is 0 Å². The van der Waals surface area contributed by atoms with Crippen LogP contribution in [0.15, 0.2) is 0 Å². The molecule has 0 heterocycles. The Morgan fingerprint density at radius 3 is 2.10 bits per heavy atom. The molecule has 0 aliphatic carbocycles. The Morgan fingerprint density at radius 1 is 1.30 bits per heavy atom. The first kappa shape index (κ1) is 10.0. The van der Waals surface area contributed by atoms with Gasteiger partial charge < -0.3 is 23.7 Å². The van der Waals surface area contributed by atoms with E-state index >= 15 is 0 Å². The van der Waals surface area contributed by atoms with E-state index < -0.39 is 9.05 Å². The summed E-state index contributed by atoms with van der Waals surface area (Å²) >= 11 is 0. The van der Waals surface area contributed by atoms with Crippen molar-refractivity contribution in [3.05, 3.63) is 0 Å². The van der Waals surface area contributed by atoms with Crippen LogP contribution < -0.4 is 0 Å². The summed E-state index contributed by atoms with van der Waals surface area (Å²) in [6.07, 6.45) is 0. The third kappa shape index (κ3) is 8.02. The number of hydrogen-bond acceptors (Lipinski definition) is 5. The van der Waals surface area contributed by atoms with Crippen molar-refractivity contribution in [2.45, 2.75) is 0 Å². The van der Waals surface area contributed by atoms with Gasteiger partial charge >= 0.3 is 9.05 Å². The maximum absolute atomic E-state index is 8.34. The molecule has 0 bridgehead atoms. The van der Waals surface area contributed by atoms with E-state index in [1.54, 1.807) is 4.90 Å². The third-order valence-electron chi connectivity index (χ3n) is 0.834. The molecule has 5 nitrogen and oxygen atoms in total. The Bertz CT molecular complexity index is 91.7. The second-order valence-electron chi connectivity index (χ2n) is 2.23. The van der Waals surface area contributed by atoms with Crippen LogP contribution in [-0.2, 0) is 4.43 Å². The summed E-state index contributed by atoms with van der Waals surface area (Å²) in [6, 6.07) is 0. The van der Waals surface area contributed by atoms with Gasteiger partial charge in [0.25, 0.3) is 0 Å². The molecule has 0 saturated heterocycles. The molecule has 0 aliphatic heterocycles. The second kappa shape index (κ2) is 4.01. The first-order valence-corrected chi connectivity index (χ1v) is 4.62. The molecular formula is C4H13NO4Si. The van der Waals surface area contributed by atoms with Crippen LogP contribution in [0, 0.1) is 0 Å². The minimum atomic E-state index is -4.25. The first-order valence-electron chi connectivity index (χ1n) is 2.87.